The van der Waals surface area contributed by atoms with E-state index in [-0.39, 0.29) is 33.3 Å². The first-order valence-electron chi connectivity index (χ1n) is 9.27. The van der Waals surface area contributed by atoms with Crippen molar-refractivity contribution in [2.45, 2.75) is 23.9 Å². The van der Waals surface area contributed by atoms with E-state index in [1.165, 1.54) is 24.6 Å². The maximum atomic E-state index is 13.8. The third-order valence-electron chi connectivity index (χ3n) is 5.04. The summed E-state index contributed by atoms with van der Waals surface area (Å²) >= 11 is 0. The second-order valence-electron chi connectivity index (χ2n) is 7.06. The van der Waals surface area contributed by atoms with E-state index in [9.17, 15) is 30.4 Å². The molecule has 32 heavy (non-hydrogen) atoms. The number of fused-ring (bicyclic) bond motifs is 2. The van der Waals surface area contributed by atoms with Crippen LogP contribution in [0.25, 0.3) is 33.6 Å². The molecule has 3 heterocycles. The van der Waals surface area contributed by atoms with Crippen LogP contribution in [0, 0.1) is 0 Å². The SMILES string of the molecule is CCS(=O)(=O)c1cc2ccccc2nc1-c1nc2cc(C(F)(F)C(F)(F)F)cnc2n1C. The number of alkyl halides is 5. The molecule has 0 aliphatic carbocycles. The maximum Gasteiger partial charge on any atom is 0.458 e. The maximum absolute atomic E-state index is 13.8. The smallest absolute Gasteiger partial charge is 0.310 e. The Labute approximate surface area is 178 Å². The van der Waals surface area contributed by atoms with Crippen molar-refractivity contribution in [3.8, 4) is 11.5 Å². The van der Waals surface area contributed by atoms with Crippen LogP contribution in [0.3, 0.4) is 0 Å². The molecule has 168 valence electrons. The molecule has 0 N–H and O–H groups in total. The Balaban J connectivity index is 2.00. The van der Waals surface area contributed by atoms with Crippen LogP contribution in [0.2, 0.25) is 0 Å². The van der Waals surface area contributed by atoms with E-state index in [4.69, 9.17) is 0 Å². The molecule has 1 aromatic carbocycles. The average Bonchev–Trinajstić information content (AvgIpc) is 3.07. The molecule has 0 bridgehead atoms. The van der Waals surface area contributed by atoms with Crippen LogP contribution in [0.4, 0.5) is 22.0 Å². The summed E-state index contributed by atoms with van der Waals surface area (Å²) in [5.41, 5.74) is -1.21. The van der Waals surface area contributed by atoms with Gasteiger partial charge < -0.3 is 4.57 Å². The van der Waals surface area contributed by atoms with Gasteiger partial charge in [0.15, 0.2) is 21.3 Å². The van der Waals surface area contributed by atoms with E-state index in [2.05, 4.69) is 15.0 Å². The van der Waals surface area contributed by atoms with E-state index in [1.807, 2.05) is 0 Å². The van der Waals surface area contributed by atoms with Crippen molar-refractivity contribution in [3.63, 3.8) is 0 Å². The van der Waals surface area contributed by atoms with Gasteiger partial charge in [-0.1, -0.05) is 25.1 Å². The van der Waals surface area contributed by atoms with Gasteiger partial charge in [-0.15, -0.1) is 0 Å². The number of rotatable bonds is 4. The predicted molar refractivity (Wildman–Crippen MR) is 107 cm³/mol. The highest BCUT2D eigenvalue weighted by Gasteiger charge is 2.59. The van der Waals surface area contributed by atoms with Crippen molar-refractivity contribution < 1.29 is 30.4 Å². The Kier molecular flexibility index (Phi) is 4.96. The zero-order chi connectivity index (χ0) is 23.5. The summed E-state index contributed by atoms with van der Waals surface area (Å²) in [5.74, 6) is -5.38. The quantitative estimate of drug-likeness (QED) is 0.407. The summed E-state index contributed by atoms with van der Waals surface area (Å²) in [6.45, 7) is 1.45. The molecule has 0 amide bonds. The number of pyridine rings is 2. The molecule has 0 aliphatic heterocycles. The number of halogens is 5. The van der Waals surface area contributed by atoms with E-state index in [0.717, 1.165) is 0 Å². The van der Waals surface area contributed by atoms with E-state index in [0.29, 0.717) is 23.2 Å². The van der Waals surface area contributed by atoms with Crippen LogP contribution in [-0.2, 0) is 22.8 Å². The van der Waals surface area contributed by atoms with Crippen molar-refractivity contribution in [1.29, 1.82) is 0 Å². The van der Waals surface area contributed by atoms with Gasteiger partial charge in [0.1, 0.15) is 11.2 Å². The van der Waals surface area contributed by atoms with Crippen LogP contribution < -0.4 is 0 Å². The van der Waals surface area contributed by atoms with E-state index in [1.54, 1.807) is 24.3 Å². The molecular weight excluding hydrogens is 455 g/mol. The fourth-order valence-electron chi connectivity index (χ4n) is 3.27. The molecule has 0 unspecified atom stereocenters. The molecule has 12 heteroatoms. The van der Waals surface area contributed by atoms with Crippen LogP contribution in [0.15, 0.2) is 47.5 Å². The molecule has 0 fully saturated rings. The van der Waals surface area contributed by atoms with Crippen LogP contribution in [0.5, 0.6) is 0 Å². The molecule has 0 aliphatic rings. The molecule has 4 aromatic rings. The van der Waals surface area contributed by atoms with Crippen LogP contribution >= 0.6 is 0 Å². The first-order chi connectivity index (χ1) is 14.9. The van der Waals surface area contributed by atoms with Gasteiger partial charge in [0, 0.05) is 18.6 Å². The molecule has 4 rings (SSSR count). The van der Waals surface area contributed by atoms with Crippen molar-refractivity contribution in [1.82, 2.24) is 19.5 Å². The summed E-state index contributed by atoms with van der Waals surface area (Å²) in [5, 5.41) is 0.562. The highest BCUT2D eigenvalue weighted by Crippen LogP contribution is 2.44. The lowest BCUT2D eigenvalue weighted by Crippen LogP contribution is -2.33. The van der Waals surface area contributed by atoms with Gasteiger partial charge in [-0.25, -0.2) is 23.4 Å². The molecular formula is C20H15F5N4O2S. The first kappa shape index (κ1) is 22.1. The summed E-state index contributed by atoms with van der Waals surface area (Å²) in [6.07, 6.45) is -5.37. The number of hydrogen-bond acceptors (Lipinski definition) is 5. The molecule has 0 atom stereocenters. The first-order valence-corrected chi connectivity index (χ1v) is 10.9. The Bertz CT molecular complexity index is 1460. The fraction of sp³-hybridized carbons (Fsp3) is 0.250. The van der Waals surface area contributed by atoms with Gasteiger partial charge in [0.25, 0.3) is 0 Å². The Morgan fingerprint density at radius 2 is 1.69 bits per heavy atom. The highest BCUT2D eigenvalue weighted by atomic mass is 32.2. The number of benzene rings is 1. The summed E-state index contributed by atoms with van der Waals surface area (Å²) in [4.78, 5) is 12.1. The normalized spacial score (nSPS) is 13.2. The van der Waals surface area contributed by atoms with Crippen molar-refractivity contribution >= 4 is 31.9 Å². The minimum Gasteiger partial charge on any atom is -0.310 e. The lowest BCUT2D eigenvalue weighted by atomic mass is 10.1. The van der Waals surface area contributed by atoms with Gasteiger partial charge >= 0.3 is 12.1 Å². The zero-order valence-corrected chi connectivity index (χ0v) is 17.5. The van der Waals surface area contributed by atoms with Gasteiger partial charge in [-0.3, -0.25) is 0 Å². The second kappa shape index (κ2) is 7.19. The second-order valence-corrected chi connectivity index (χ2v) is 9.31. The van der Waals surface area contributed by atoms with Crippen LogP contribution in [0.1, 0.15) is 12.5 Å². The highest BCUT2D eigenvalue weighted by molar-refractivity contribution is 7.91. The average molecular weight is 470 g/mol. The largest absolute Gasteiger partial charge is 0.458 e. The van der Waals surface area contributed by atoms with Crippen molar-refractivity contribution in [2.75, 3.05) is 5.75 Å². The summed E-state index contributed by atoms with van der Waals surface area (Å²) in [6, 6.07) is 8.79. The Hall–Kier alpha value is -3.15. The van der Waals surface area contributed by atoms with E-state index >= 15 is 0 Å². The summed E-state index contributed by atoms with van der Waals surface area (Å²) in [7, 11) is -2.34. The third kappa shape index (κ3) is 3.38. The molecule has 6 nitrogen and oxygen atoms in total. The van der Waals surface area contributed by atoms with E-state index < -0.39 is 27.5 Å². The monoisotopic (exact) mass is 470 g/mol. The lowest BCUT2D eigenvalue weighted by molar-refractivity contribution is -0.289. The standard InChI is InChI=1S/C20H15F5N4O2S/c1-3-32(30,31)15-8-11-6-4-5-7-13(11)27-16(15)18-28-14-9-12(10-26-17(14)29(18)2)19(21,22)20(23,24)25/h4-10H,3H2,1-2H3. The summed E-state index contributed by atoms with van der Waals surface area (Å²) < 4.78 is 92.6. The zero-order valence-electron chi connectivity index (χ0n) is 16.7. The minimum atomic E-state index is -5.80. The fourth-order valence-corrected chi connectivity index (χ4v) is 4.32. The van der Waals surface area contributed by atoms with Gasteiger partial charge in [-0.2, -0.15) is 22.0 Å². The number of hydrogen-bond donors (Lipinski definition) is 0. The minimum absolute atomic E-state index is 0.00321. The molecule has 3 aromatic heterocycles. The number of nitrogens with zero attached hydrogens (tertiary/aromatic N) is 4. The van der Waals surface area contributed by atoms with Crippen molar-refractivity contribution in [3.05, 3.63) is 48.2 Å². The number of aromatic nitrogens is 4. The molecule has 0 saturated carbocycles. The number of para-hydroxylation sites is 1. The number of imidazole rings is 1. The molecule has 0 spiro atoms. The van der Waals surface area contributed by atoms with Gasteiger partial charge in [0.05, 0.1) is 21.7 Å². The molecule has 0 saturated heterocycles. The molecule has 0 radical (unpaired) electrons. The van der Waals surface area contributed by atoms with Gasteiger partial charge in [0.2, 0.25) is 0 Å². The van der Waals surface area contributed by atoms with Gasteiger partial charge in [-0.05, 0) is 18.2 Å². The topological polar surface area (TPSA) is 77.7 Å². The Morgan fingerprint density at radius 1 is 1.00 bits per heavy atom. The Morgan fingerprint density at radius 3 is 2.34 bits per heavy atom. The lowest BCUT2D eigenvalue weighted by Gasteiger charge is -2.19. The number of sulfone groups is 1. The van der Waals surface area contributed by atoms with Crippen LogP contribution in [-0.4, -0.2) is 39.9 Å². The predicted octanol–water partition coefficient (Wildman–Crippen LogP) is 4.63. The third-order valence-corrected chi connectivity index (χ3v) is 6.78. The number of aryl methyl sites for hydroxylation is 1. The van der Waals surface area contributed by atoms with Crippen molar-refractivity contribution in [2.24, 2.45) is 7.05 Å².